The third kappa shape index (κ3) is 3.15. The Hall–Kier alpha value is -1.07. The van der Waals surface area contributed by atoms with Crippen LogP contribution in [0.25, 0.3) is 0 Å². The van der Waals surface area contributed by atoms with Crippen molar-refractivity contribution >= 4 is 12.9 Å². The lowest BCUT2D eigenvalue weighted by molar-refractivity contribution is -0.0893. The summed E-state index contributed by atoms with van der Waals surface area (Å²) >= 11 is 0. The maximum atomic E-state index is 14.0. The fourth-order valence-corrected chi connectivity index (χ4v) is 1.84. The maximum Gasteiger partial charge on any atom is 0.333 e. The topological polar surface area (TPSA) is 38.7 Å². The highest BCUT2D eigenvalue weighted by molar-refractivity contribution is 6.47. The van der Waals surface area contributed by atoms with Crippen LogP contribution in [0.2, 0.25) is 0 Å². The standard InChI is InChI=1S/C15H21BFO3/c1-14(2,18)15(3,4)20-16-11-8-10-6-5-7-19-13(10)9-12(11)17/h8-9,18H,5-7H2,1-4H3. The van der Waals surface area contributed by atoms with Gasteiger partial charge in [-0.1, -0.05) is 6.07 Å². The van der Waals surface area contributed by atoms with Crippen LogP contribution in [0.5, 0.6) is 5.75 Å². The van der Waals surface area contributed by atoms with Crippen molar-refractivity contribution in [3.05, 3.63) is 23.5 Å². The fraction of sp³-hybridized carbons (Fsp3) is 0.600. The highest BCUT2D eigenvalue weighted by Crippen LogP contribution is 2.26. The first-order valence-corrected chi connectivity index (χ1v) is 6.89. The van der Waals surface area contributed by atoms with Gasteiger partial charge in [-0.25, -0.2) is 4.39 Å². The number of ether oxygens (including phenoxy) is 1. The molecule has 0 saturated carbocycles. The number of halogens is 1. The van der Waals surface area contributed by atoms with Crippen molar-refractivity contribution in [2.24, 2.45) is 0 Å². The Bertz CT molecular complexity index is 495. The number of benzene rings is 1. The lowest BCUT2D eigenvalue weighted by Crippen LogP contribution is -2.49. The summed E-state index contributed by atoms with van der Waals surface area (Å²) < 4.78 is 25.0. The zero-order valence-corrected chi connectivity index (χ0v) is 12.5. The van der Waals surface area contributed by atoms with Crippen LogP contribution >= 0.6 is 0 Å². The molecule has 1 aliphatic heterocycles. The molecule has 109 valence electrons. The first kappa shape index (κ1) is 15.3. The fourth-order valence-electron chi connectivity index (χ4n) is 1.84. The van der Waals surface area contributed by atoms with Gasteiger partial charge in [0.1, 0.15) is 11.6 Å². The molecule has 1 heterocycles. The largest absolute Gasteiger partial charge is 0.493 e. The average Bonchev–Trinajstić information content (AvgIpc) is 2.35. The van der Waals surface area contributed by atoms with E-state index in [0.29, 0.717) is 17.8 Å². The first-order chi connectivity index (χ1) is 9.21. The maximum absolute atomic E-state index is 14.0. The Morgan fingerprint density at radius 3 is 2.65 bits per heavy atom. The second kappa shape index (κ2) is 5.37. The molecular formula is C15H21BFO3. The molecule has 20 heavy (non-hydrogen) atoms. The van der Waals surface area contributed by atoms with Gasteiger partial charge in [0, 0.05) is 6.07 Å². The van der Waals surface area contributed by atoms with Crippen LogP contribution in [0.4, 0.5) is 4.39 Å². The first-order valence-electron chi connectivity index (χ1n) is 6.89. The Kier molecular flexibility index (Phi) is 4.12. The van der Waals surface area contributed by atoms with Crippen molar-refractivity contribution < 1.29 is 18.9 Å². The molecule has 1 aromatic rings. The van der Waals surface area contributed by atoms with Crippen LogP contribution < -0.4 is 10.2 Å². The quantitative estimate of drug-likeness (QED) is 0.856. The second-order valence-electron chi connectivity index (χ2n) is 6.24. The van der Waals surface area contributed by atoms with E-state index in [0.717, 1.165) is 18.4 Å². The predicted octanol–water partition coefficient (Wildman–Crippen LogP) is 1.96. The van der Waals surface area contributed by atoms with E-state index in [1.807, 2.05) is 0 Å². The molecule has 0 fully saturated rings. The monoisotopic (exact) mass is 279 g/mol. The van der Waals surface area contributed by atoms with Crippen LogP contribution in [-0.2, 0) is 11.1 Å². The smallest absolute Gasteiger partial charge is 0.333 e. The van der Waals surface area contributed by atoms with Gasteiger partial charge in [-0.05, 0) is 51.6 Å². The van der Waals surface area contributed by atoms with Crippen LogP contribution in [0.15, 0.2) is 12.1 Å². The zero-order valence-electron chi connectivity index (χ0n) is 12.5. The van der Waals surface area contributed by atoms with Crippen molar-refractivity contribution in [1.29, 1.82) is 0 Å². The van der Waals surface area contributed by atoms with E-state index in [4.69, 9.17) is 9.39 Å². The number of aliphatic hydroxyl groups is 1. The molecule has 1 N–H and O–H groups in total. The molecule has 1 aromatic carbocycles. The summed E-state index contributed by atoms with van der Waals surface area (Å²) in [6.07, 6.45) is 1.82. The Balaban J connectivity index is 2.14. The molecule has 0 bridgehead atoms. The summed E-state index contributed by atoms with van der Waals surface area (Å²) in [4.78, 5) is 0. The number of aryl methyl sites for hydroxylation is 1. The van der Waals surface area contributed by atoms with Gasteiger partial charge < -0.3 is 14.5 Å². The lowest BCUT2D eigenvalue weighted by Gasteiger charge is -2.37. The molecule has 1 aliphatic rings. The van der Waals surface area contributed by atoms with Gasteiger partial charge in [-0.2, -0.15) is 0 Å². The molecule has 1 radical (unpaired) electrons. The van der Waals surface area contributed by atoms with Gasteiger partial charge >= 0.3 is 7.48 Å². The van der Waals surface area contributed by atoms with Gasteiger partial charge in [0.05, 0.1) is 17.8 Å². The van der Waals surface area contributed by atoms with E-state index in [-0.39, 0.29) is 5.82 Å². The van der Waals surface area contributed by atoms with Crippen LogP contribution in [0, 0.1) is 5.82 Å². The summed E-state index contributed by atoms with van der Waals surface area (Å²) in [6.45, 7) is 7.50. The molecule has 5 heteroatoms. The minimum Gasteiger partial charge on any atom is -0.493 e. The summed E-state index contributed by atoms with van der Waals surface area (Å²) in [7, 11) is 1.38. The molecule has 0 aromatic heterocycles. The van der Waals surface area contributed by atoms with E-state index < -0.39 is 11.2 Å². The van der Waals surface area contributed by atoms with E-state index in [2.05, 4.69) is 0 Å². The zero-order chi connectivity index (χ0) is 15.0. The van der Waals surface area contributed by atoms with Crippen molar-refractivity contribution in [3.63, 3.8) is 0 Å². The third-order valence-corrected chi connectivity index (χ3v) is 3.98. The molecule has 0 amide bonds. The molecule has 0 unspecified atom stereocenters. The van der Waals surface area contributed by atoms with Crippen molar-refractivity contribution in [3.8, 4) is 5.75 Å². The average molecular weight is 279 g/mol. The van der Waals surface area contributed by atoms with Gasteiger partial charge in [0.2, 0.25) is 0 Å². The van der Waals surface area contributed by atoms with E-state index in [9.17, 15) is 9.50 Å². The Labute approximate surface area is 120 Å². The summed E-state index contributed by atoms with van der Waals surface area (Å²) in [5, 5.41) is 10.0. The Morgan fingerprint density at radius 2 is 2.00 bits per heavy atom. The lowest BCUT2D eigenvalue weighted by atomic mass is 9.81. The number of rotatable bonds is 4. The minimum atomic E-state index is -1.03. The predicted molar refractivity (Wildman–Crippen MR) is 77.1 cm³/mol. The number of hydrogen-bond donors (Lipinski definition) is 1. The molecule has 0 aliphatic carbocycles. The number of hydrogen-bond acceptors (Lipinski definition) is 3. The highest BCUT2D eigenvalue weighted by atomic mass is 19.1. The highest BCUT2D eigenvalue weighted by Gasteiger charge is 2.36. The van der Waals surface area contributed by atoms with Gasteiger partial charge in [0.25, 0.3) is 0 Å². The molecule has 0 saturated heterocycles. The minimum absolute atomic E-state index is 0.378. The second-order valence-corrected chi connectivity index (χ2v) is 6.24. The SMILES string of the molecule is CC(C)(O)C(C)(C)O[B]c1cc2c(cc1F)OCCC2. The van der Waals surface area contributed by atoms with Crippen molar-refractivity contribution in [2.45, 2.75) is 51.7 Å². The van der Waals surface area contributed by atoms with Crippen LogP contribution in [0.1, 0.15) is 39.7 Å². The molecule has 0 spiro atoms. The Morgan fingerprint density at radius 1 is 1.30 bits per heavy atom. The molecule has 0 atom stereocenters. The van der Waals surface area contributed by atoms with Crippen LogP contribution in [-0.4, -0.2) is 30.4 Å². The van der Waals surface area contributed by atoms with Crippen molar-refractivity contribution in [1.82, 2.24) is 0 Å². The van der Waals surface area contributed by atoms with Gasteiger partial charge in [-0.15, -0.1) is 0 Å². The summed E-state index contributed by atoms with van der Waals surface area (Å²) in [5.41, 5.74) is -0.469. The molecular weight excluding hydrogens is 258 g/mol. The summed E-state index contributed by atoms with van der Waals surface area (Å²) in [5.74, 6) is 0.241. The summed E-state index contributed by atoms with van der Waals surface area (Å²) in [6, 6.07) is 3.16. The van der Waals surface area contributed by atoms with Crippen molar-refractivity contribution in [2.75, 3.05) is 6.61 Å². The van der Waals surface area contributed by atoms with E-state index >= 15 is 0 Å². The van der Waals surface area contributed by atoms with E-state index in [1.165, 1.54) is 13.5 Å². The molecule has 2 rings (SSSR count). The van der Waals surface area contributed by atoms with Gasteiger partial charge in [-0.3, -0.25) is 0 Å². The van der Waals surface area contributed by atoms with Crippen LogP contribution in [0.3, 0.4) is 0 Å². The van der Waals surface area contributed by atoms with Gasteiger partial charge in [0.15, 0.2) is 0 Å². The van der Waals surface area contributed by atoms with E-state index in [1.54, 1.807) is 33.8 Å². The molecule has 3 nitrogen and oxygen atoms in total. The number of fused-ring (bicyclic) bond motifs is 1. The third-order valence-electron chi connectivity index (χ3n) is 3.98. The normalized spacial score (nSPS) is 15.5.